The molecule has 68 heavy (non-hydrogen) atoms. The van der Waals surface area contributed by atoms with Crippen molar-refractivity contribution in [3.63, 3.8) is 0 Å². The van der Waals surface area contributed by atoms with Gasteiger partial charge in [-0.05, 0) is 59.1 Å². The second-order valence-corrected chi connectivity index (χ2v) is 16.2. The Balaban J connectivity index is 0.993. The summed E-state index contributed by atoms with van der Waals surface area (Å²) in [6.07, 6.45) is 7.38. The van der Waals surface area contributed by atoms with Crippen LogP contribution in [0.3, 0.4) is 0 Å². The summed E-state index contributed by atoms with van der Waals surface area (Å²) in [5.74, 6) is -1.34. The molecule has 5 aromatic carbocycles. The number of nitrogens with zero attached hydrogens (tertiary/aromatic N) is 1. The predicted octanol–water partition coefficient (Wildman–Crippen LogP) is 9.71. The highest BCUT2D eigenvalue weighted by molar-refractivity contribution is 6.01. The summed E-state index contributed by atoms with van der Waals surface area (Å²) in [6.45, 7) is 0.598. The number of hydrogen-bond donors (Lipinski definition) is 4. The molecule has 0 fully saturated rings. The Morgan fingerprint density at radius 2 is 0.912 bits per heavy atom. The topological polar surface area (TPSA) is 183 Å². The zero-order valence-electron chi connectivity index (χ0n) is 38.6. The average Bonchev–Trinajstić information content (AvgIpc) is 3.37. The summed E-state index contributed by atoms with van der Waals surface area (Å²) in [7, 11) is 0. The Morgan fingerprint density at radius 3 is 1.44 bits per heavy atom. The van der Waals surface area contributed by atoms with Crippen LogP contribution in [0.25, 0.3) is 0 Å². The number of carbonyl (C=O) groups excluding carboxylic acids is 5. The molecule has 5 aromatic rings. The first kappa shape index (κ1) is 51.7. The van der Waals surface area contributed by atoms with Gasteiger partial charge in [0.15, 0.2) is 0 Å². The number of esters is 1. The Hall–Kier alpha value is -7.32. The van der Waals surface area contributed by atoms with Crippen LogP contribution in [0.1, 0.15) is 104 Å². The molecular formula is C54H63N5O9. The summed E-state index contributed by atoms with van der Waals surface area (Å²) in [6, 6.07) is 44.3. The van der Waals surface area contributed by atoms with Gasteiger partial charge in [-0.15, -0.1) is 0 Å². The van der Waals surface area contributed by atoms with Gasteiger partial charge in [-0.25, -0.2) is 20.1 Å². The molecule has 4 N–H and O–H groups in total. The molecule has 14 heteroatoms. The third-order valence-electron chi connectivity index (χ3n) is 10.8. The lowest BCUT2D eigenvalue weighted by molar-refractivity contribution is -0.146. The lowest BCUT2D eigenvalue weighted by Crippen LogP contribution is -2.46. The number of guanidine groups is 1. The molecular weight excluding hydrogens is 863 g/mol. The first-order chi connectivity index (χ1) is 33.3. The molecule has 0 aromatic heterocycles. The highest BCUT2D eigenvalue weighted by Gasteiger charge is 2.23. The summed E-state index contributed by atoms with van der Waals surface area (Å²) in [4.78, 5) is 74.0. The molecule has 0 spiro atoms. The molecule has 0 saturated heterocycles. The highest BCUT2D eigenvalue weighted by atomic mass is 16.7. The van der Waals surface area contributed by atoms with Crippen LogP contribution in [0, 0.1) is 0 Å². The maximum atomic E-state index is 13.1. The van der Waals surface area contributed by atoms with Crippen molar-refractivity contribution in [2.24, 2.45) is 4.99 Å². The fourth-order valence-electron chi connectivity index (χ4n) is 7.05. The van der Waals surface area contributed by atoms with Crippen LogP contribution in [0.2, 0.25) is 0 Å². The number of aryl methyl sites for hydroxylation is 1. The average molecular weight is 926 g/mol. The van der Waals surface area contributed by atoms with E-state index < -0.39 is 30.1 Å². The summed E-state index contributed by atoms with van der Waals surface area (Å²) >= 11 is 0. The number of hydroxylamine groups is 1. The van der Waals surface area contributed by atoms with Crippen molar-refractivity contribution in [2.75, 3.05) is 0 Å². The maximum absolute atomic E-state index is 13.1. The lowest BCUT2D eigenvalue weighted by Gasteiger charge is -2.18. The standard InChI is InChI=1S/C54H63N5O9/c60-49(56-48(51(62)59-68-41-45-29-17-10-18-30-45)35-36-50(61)65-38-42-23-11-7-12-24-42)34-20-6-4-2-1-3-5-19-31-46-32-21-22-33-47(46)37-55-52(57-53(63)66-39-43-25-13-8-14-26-43)58-54(64)67-40-44-27-15-9-16-28-44/h7-18,21-30,32-33,48H,1-6,19-20,31,34-41H2,(H,56,60)(H,59,62)(H2,55,57,58,63,64)/t48-/m1/s1. The zero-order valence-corrected chi connectivity index (χ0v) is 38.6. The zero-order chi connectivity index (χ0) is 47.9. The first-order valence-electron chi connectivity index (χ1n) is 23.3. The van der Waals surface area contributed by atoms with Gasteiger partial charge in [0.25, 0.3) is 5.91 Å². The van der Waals surface area contributed by atoms with E-state index in [4.69, 9.17) is 19.0 Å². The van der Waals surface area contributed by atoms with E-state index >= 15 is 0 Å². The van der Waals surface area contributed by atoms with Gasteiger partial charge in [0, 0.05) is 12.8 Å². The second-order valence-electron chi connectivity index (χ2n) is 16.2. The number of carbonyl (C=O) groups is 5. The van der Waals surface area contributed by atoms with Crippen molar-refractivity contribution in [1.82, 2.24) is 21.4 Å². The number of benzene rings is 5. The molecule has 358 valence electrons. The normalized spacial score (nSPS) is 11.1. The smallest absolute Gasteiger partial charge is 0.414 e. The number of unbranched alkanes of at least 4 members (excludes halogenated alkanes) is 7. The maximum Gasteiger partial charge on any atom is 0.414 e. The molecule has 4 amide bonds. The Morgan fingerprint density at radius 1 is 0.471 bits per heavy atom. The largest absolute Gasteiger partial charge is 0.461 e. The number of nitrogens with one attached hydrogen (secondary N) is 4. The van der Waals surface area contributed by atoms with E-state index in [1.807, 2.05) is 140 Å². The van der Waals surface area contributed by atoms with Crippen molar-refractivity contribution in [2.45, 2.75) is 116 Å². The van der Waals surface area contributed by atoms with E-state index in [0.29, 0.717) is 6.42 Å². The van der Waals surface area contributed by atoms with Crippen molar-refractivity contribution in [3.05, 3.63) is 179 Å². The Kier molecular flexibility index (Phi) is 23.4. The lowest BCUT2D eigenvalue weighted by atomic mass is 10.00. The fraction of sp³-hybridized carbons (Fsp3) is 0.333. The van der Waals surface area contributed by atoms with Crippen LogP contribution < -0.4 is 21.4 Å². The third-order valence-corrected chi connectivity index (χ3v) is 10.8. The van der Waals surface area contributed by atoms with Crippen LogP contribution in [0.4, 0.5) is 9.59 Å². The number of hydrogen-bond acceptors (Lipinski definition) is 10. The van der Waals surface area contributed by atoms with Crippen molar-refractivity contribution >= 4 is 35.9 Å². The van der Waals surface area contributed by atoms with Gasteiger partial charge in [-0.3, -0.25) is 29.9 Å². The minimum atomic E-state index is -0.962. The summed E-state index contributed by atoms with van der Waals surface area (Å²) in [5, 5.41) is 7.91. The Labute approximate surface area is 399 Å². The van der Waals surface area contributed by atoms with Gasteiger partial charge in [-0.1, -0.05) is 184 Å². The van der Waals surface area contributed by atoms with Gasteiger partial charge in [0.2, 0.25) is 11.9 Å². The van der Waals surface area contributed by atoms with Crippen LogP contribution in [0.15, 0.2) is 151 Å². The first-order valence-corrected chi connectivity index (χ1v) is 23.3. The Bertz CT molecular complexity index is 2240. The molecule has 0 radical (unpaired) electrons. The van der Waals surface area contributed by atoms with Gasteiger partial charge >= 0.3 is 18.2 Å². The molecule has 0 heterocycles. The molecule has 0 aliphatic rings. The number of amides is 4. The molecule has 0 aliphatic carbocycles. The van der Waals surface area contributed by atoms with Crippen LogP contribution in [-0.4, -0.2) is 42.0 Å². The molecule has 0 bridgehead atoms. The molecule has 14 nitrogen and oxygen atoms in total. The van der Waals surface area contributed by atoms with Crippen molar-refractivity contribution in [1.29, 1.82) is 0 Å². The van der Waals surface area contributed by atoms with Crippen LogP contribution in [0.5, 0.6) is 0 Å². The number of aliphatic imine (C=N–C) groups is 1. The molecule has 0 unspecified atom stereocenters. The molecule has 0 aliphatic heterocycles. The van der Waals surface area contributed by atoms with E-state index in [0.717, 1.165) is 84.7 Å². The highest BCUT2D eigenvalue weighted by Crippen LogP contribution is 2.17. The van der Waals surface area contributed by atoms with E-state index in [2.05, 4.69) is 32.5 Å². The number of ether oxygens (including phenoxy) is 3. The van der Waals surface area contributed by atoms with Gasteiger partial charge < -0.3 is 19.5 Å². The monoisotopic (exact) mass is 925 g/mol. The minimum absolute atomic E-state index is 0.0492. The van der Waals surface area contributed by atoms with E-state index in [1.165, 1.54) is 0 Å². The molecule has 0 saturated carbocycles. The fourth-order valence-corrected chi connectivity index (χ4v) is 7.05. The molecule has 5 rings (SSSR count). The van der Waals surface area contributed by atoms with E-state index in [9.17, 15) is 24.0 Å². The third kappa shape index (κ3) is 21.3. The SMILES string of the molecule is O=C(CCCCCCCCCCc1ccccc1CN=C(NC(=O)OCc1ccccc1)NC(=O)OCc1ccccc1)N[C@H](CCC(=O)OCc1ccccc1)C(=O)NOCc1ccccc1. The van der Waals surface area contributed by atoms with E-state index in [1.54, 1.807) is 0 Å². The van der Waals surface area contributed by atoms with Gasteiger partial charge in [0.05, 0.1) is 13.2 Å². The van der Waals surface area contributed by atoms with Crippen LogP contribution >= 0.6 is 0 Å². The minimum Gasteiger partial charge on any atom is -0.461 e. The van der Waals surface area contributed by atoms with Crippen molar-refractivity contribution in [3.8, 4) is 0 Å². The van der Waals surface area contributed by atoms with Crippen molar-refractivity contribution < 1.29 is 43.0 Å². The van der Waals surface area contributed by atoms with E-state index in [-0.39, 0.29) is 64.1 Å². The molecule has 1 atom stereocenters. The number of alkyl carbamates (subject to hydrolysis) is 2. The van der Waals surface area contributed by atoms with Gasteiger partial charge in [0.1, 0.15) is 25.9 Å². The summed E-state index contributed by atoms with van der Waals surface area (Å²) < 4.78 is 16.1. The predicted molar refractivity (Wildman–Crippen MR) is 259 cm³/mol. The summed E-state index contributed by atoms with van der Waals surface area (Å²) in [5.41, 5.74) is 7.90. The van der Waals surface area contributed by atoms with Gasteiger partial charge in [-0.2, -0.15) is 0 Å². The quantitative estimate of drug-likeness (QED) is 0.00995. The second kappa shape index (κ2) is 30.8. The van der Waals surface area contributed by atoms with Crippen LogP contribution in [-0.2, 0) is 72.8 Å². The number of rotatable bonds is 27.